The molecule has 1 radical (unpaired) electrons. The molecule has 2 aromatic rings. The quantitative estimate of drug-likeness (QED) is 0.749. The molecule has 0 fully saturated rings. The number of nitrogens with zero attached hydrogens (tertiary/aromatic N) is 1. The molecule has 0 saturated carbocycles. The molecule has 5 nitrogen and oxygen atoms in total. The molecule has 0 unspecified atom stereocenters. The van der Waals surface area contributed by atoms with Crippen LogP contribution in [0.1, 0.15) is 10.5 Å². The van der Waals surface area contributed by atoms with Gasteiger partial charge in [-0.1, -0.05) is 11.6 Å². The minimum atomic E-state index is -0.836. The van der Waals surface area contributed by atoms with E-state index < -0.39 is 17.3 Å². The van der Waals surface area contributed by atoms with Gasteiger partial charge in [0.15, 0.2) is 0 Å². The zero-order chi connectivity index (χ0) is 15.7. The average Bonchev–Trinajstić information content (AvgIpc) is 2.41. The molecule has 1 aromatic carbocycles. The van der Waals surface area contributed by atoms with Crippen molar-refractivity contribution in [2.24, 2.45) is 12.8 Å². The molecule has 1 aromatic heterocycles. The Morgan fingerprint density at radius 2 is 2.19 bits per heavy atom. The highest BCUT2D eigenvalue weighted by atomic mass is 127. The van der Waals surface area contributed by atoms with Crippen molar-refractivity contribution in [3.63, 3.8) is 0 Å². The summed E-state index contributed by atoms with van der Waals surface area (Å²) in [7, 11) is 1.35. The van der Waals surface area contributed by atoms with Crippen molar-refractivity contribution in [1.29, 1.82) is 0 Å². The maximum Gasteiger partial charge on any atom is 0.271 e. The summed E-state index contributed by atoms with van der Waals surface area (Å²) in [6.45, 7) is 0. The lowest BCUT2D eigenvalue weighted by Crippen LogP contribution is -2.27. The summed E-state index contributed by atoms with van der Waals surface area (Å²) in [5.41, 5.74) is 4.49. The summed E-state index contributed by atoms with van der Waals surface area (Å²) in [5.74, 6) is -1.36. The van der Waals surface area contributed by atoms with Gasteiger partial charge in [0.25, 0.3) is 11.5 Å². The first kappa shape index (κ1) is 15.8. The number of aromatic nitrogens is 1. The van der Waals surface area contributed by atoms with Crippen LogP contribution in [0, 0.1) is 15.5 Å². The maximum absolute atomic E-state index is 13.8. The third-order valence-corrected chi connectivity index (χ3v) is 3.74. The van der Waals surface area contributed by atoms with E-state index in [1.165, 1.54) is 19.2 Å². The van der Waals surface area contributed by atoms with E-state index in [4.69, 9.17) is 17.3 Å². The summed E-state index contributed by atoms with van der Waals surface area (Å²) >= 11 is 7.87. The largest absolute Gasteiger partial charge is 0.364 e. The van der Waals surface area contributed by atoms with E-state index in [9.17, 15) is 14.0 Å². The van der Waals surface area contributed by atoms with Gasteiger partial charge in [-0.2, -0.15) is 0 Å². The molecule has 8 heteroatoms. The molecule has 21 heavy (non-hydrogen) atoms. The van der Waals surface area contributed by atoms with Crippen molar-refractivity contribution in [3.8, 4) is 0 Å². The SMILES string of the molecule is Cn1c(C(N)=O)[c]c(Nc2ccc(I)cc2F)c(Cl)c1=O. The molecule has 0 atom stereocenters. The van der Waals surface area contributed by atoms with E-state index in [1.807, 2.05) is 22.6 Å². The van der Waals surface area contributed by atoms with Crippen LogP contribution in [-0.4, -0.2) is 10.5 Å². The summed E-state index contributed by atoms with van der Waals surface area (Å²) in [6, 6.07) is 7.07. The standard InChI is InChI=1S/C13H9ClFIN3O2/c1-19-10(12(17)20)5-9(11(14)13(19)21)18-8-3-2-6(16)4-7(8)15/h2-4,18H,1H3,(H2,17,20). The summed E-state index contributed by atoms with van der Waals surface area (Å²) in [4.78, 5) is 23.2. The molecule has 0 spiro atoms. The van der Waals surface area contributed by atoms with E-state index in [-0.39, 0.29) is 22.1 Å². The van der Waals surface area contributed by atoms with Crippen LogP contribution in [-0.2, 0) is 7.05 Å². The Balaban J connectivity index is 2.54. The zero-order valence-electron chi connectivity index (χ0n) is 10.7. The van der Waals surface area contributed by atoms with Crippen molar-refractivity contribution in [2.75, 3.05) is 5.32 Å². The predicted molar refractivity (Wildman–Crippen MR) is 86.4 cm³/mol. The number of nitrogens with one attached hydrogen (secondary N) is 1. The van der Waals surface area contributed by atoms with Crippen LogP contribution in [0.25, 0.3) is 0 Å². The number of carbonyl (C=O) groups is 1. The molecular weight excluding hydrogens is 412 g/mol. The minimum absolute atomic E-state index is 0.00586. The van der Waals surface area contributed by atoms with E-state index >= 15 is 0 Å². The number of benzene rings is 1. The lowest BCUT2D eigenvalue weighted by molar-refractivity contribution is 0.0991. The van der Waals surface area contributed by atoms with E-state index in [0.717, 1.165) is 4.57 Å². The molecule has 0 bridgehead atoms. The van der Waals surface area contributed by atoms with Gasteiger partial charge in [0, 0.05) is 16.7 Å². The molecular formula is C13H9ClFIN3O2. The van der Waals surface area contributed by atoms with Crippen LogP contribution in [0.5, 0.6) is 0 Å². The van der Waals surface area contributed by atoms with Gasteiger partial charge in [-0.25, -0.2) is 4.39 Å². The van der Waals surface area contributed by atoms with Crippen molar-refractivity contribution in [3.05, 3.63) is 54.7 Å². The number of rotatable bonds is 3. The van der Waals surface area contributed by atoms with Crippen LogP contribution in [0.4, 0.5) is 15.8 Å². The Hall–Kier alpha value is -1.61. The second-order valence-corrected chi connectivity index (χ2v) is 5.76. The molecule has 3 N–H and O–H groups in total. The summed E-state index contributed by atoms with van der Waals surface area (Å²) in [6.07, 6.45) is 0. The maximum atomic E-state index is 13.8. The molecule has 2 rings (SSSR count). The average molecular weight is 421 g/mol. The molecule has 109 valence electrons. The highest BCUT2D eigenvalue weighted by Crippen LogP contribution is 2.25. The summed E-state index contributed by atoms with van der Waals surface area (Å²) in [5, 5.41) is 2.44. The Bertz CT molecular complexity index is 792. The van der Waals surface area contributed by atoms with Gasteiger partial charge in [0.2, 0.25) is 0 Å². The van der Waals surface area contributed by atoms with Gasteiger partial charge in [-0.3, -0.25) is 9.59 Å². The molecule has 1 heterocycles. The number of primary amides is 1. The van der Waals surface area contributed by atoms with Gasteiger partial charge < -0.3 is 15.6 Å². The lowest BCUT2D eigenvalue weighted by Gasteiger charge is -2.12. The van der Waals surface area contributed by atoms with Crippen LogP contribution in [0.3, 0.4) is 0 Å². The van der Waals surface area contributed by atoms with Crippen molar-refractivity contribution in [2.45, 2.75) is 0 Å². The first-order valence-electron chi connectivity index (χ1n) is 5.65. The Kier molecular flexibility index (Phi) is 4.52. The third kappa shape index (κ3) is 3.18. The monoisotopic (exact) mass is 420 g/mol. The number of nitrogens with two attached hydrogens (primary N) is 1. The lowest BCUT2D eigenvalue weighted by atomic mass is 10.2. The first-order chi connectivity index (χ1) is 9.81. The third-order valence-electron chi connectivity index (χ3n) is 2.71. The fraction of sp³-hybridized carbons (Fsp3) is 0.0769. The Morgan fingerprint density at radius 1 is 1.52 bits per heavy atom. The molecule has 1 amide bonds. The fourth-order valence-corrected chi connectivity index (χ4v) is 2.33. The van der Waals surface area contributed by atoms with Crippen molar-refractivity contribution < 1.29 is 9.18 Å². The smallest absolute Gasteiger partial charge is 0.271 e. The predicted octanol–water partition coefficient (Wildman–Crippen LogP) is 2.43. The molecule has 0 aliphatic heterocycles. The molecule has 0 aliphatic rings. The van der Waals surface area contributed by atoms with Gasteiger partial charge >= 0.3 is 0 Å². The number of hydrogen-bond acceptors (Lipinski definition) is 3. The summed E-state index contributed by atoms with van der Waals surface area (Å²) < 4.78 is 15.5. The van der Waals surface area contributed by atoms with E-state index in [0.29, 0.717) is 3.57 Å². The van der Waals surface area contributed by atoms with E-state index in [1.54, 1.807) is 6.07 Å². The van der Waals surface area contributed by atoms with Crippen LogP contribution < -0.4 is 16.6 Å². The van der Waals surface area contributed by atoms with Gasteiger partial charge in [-0.05, 0) is 40.8 Å². The number of amides is 1. The van der Waals surface area contributed by atoms with Gasteiger partial charge in [0.05, 0.1) is 11.4 Å². The first-order valence-corrected chi connectivity index (χ1v) is 7.10. The van der Waals surface area contributed by atoms with Crippen molar-refractivity contribution >= 4 is 51.5 Å². The number of carbonyl (C=O) groups excluding carboxylic acids is 1. The fourth-order valence-electron chi connectivity index (χ4n) is 1.65. The topological polar surface area (TPSA) is 77.1 Å². The second-order valence-electron chi connectivity index (χ2n) is 4.14. The number of anilines is 2. The van der Waals surface area contributed by atoms with Crippen LogP contribution in [0.15, 0.2) is 23.0 Å². The van der Waals surface area contributed by atoms with Gasteiger partial charge in [-0.15, -0.1) is 0 Å². The van der Waals surface area contributed by atoms with Gasteiger partial charge in [0.1, 0.15) is 16.5 Å². The van der Waals surface area contributed by atoms with Crippen LogP contribution in [0.2, 0.25) is 5.02 Å². The highest BCUT2D eigenvalue weighted by Gasteiger charge is 2.16. The Morgan fingerprint density at radius 3 is 2.76 bits per heavy atom. The molecule has 0 aliphatic carbocycles. The van der Waals surface area contributed by atoms with Crippen LogP contribution >= 0.6 is 34.2 Å². The normalized spacial score (nSPS) is 10.5. The van der Waals surface area contributed by atoms with Crippen molar-refractivity contribution in [1.82, 2.24) is 4.57 Å². The minimum Gasteiger partial charge on any atom is -0.364 e. The second kappa shape index (κ2) is 6.02. The zero-order valence-corrected chi connectivity index (χ0v) is 13.6. The molecule has 0 saturated heterocycles. The highest BCUT2D eigenvalue weighted by molar-refractivity contribution is 14.1. The number of hydrogen-bond donors (Lipinski definition) is 2. The Labute approximate surface area is 138 Å². The number of pyridine rings is 1. The number of halogens is 3. The van der Waals surface area contributed by atoms with E-state index in [2.05, 4.69) is 11.4 Å².